The van der Waals surface area contributed by atoms with Gasteiger partial charge in [-0.05, 0) is 33.6 Å². The van der Waals surface area contributed by atoms with Crippen LogP contribution in [-0.2, 0) is 21.4 Å². The molecule has 9 heteroatoms. The zero-order valence-electron chi connectivity index (χ0n) is 13.6. The summed E-state index contributed by atoms with van der Waals surface area (Å²) in [6, 6.07) is 0. The number of piperidine rings is 1. The van der Waals surface area contributed by atoms with Crippen LogP contribution in [0.4, 0.5) is 0 Å². The number of hydrogen-bond acceptors (Lipinski definition) is 5. The molecule has 1 aromatic heterocycles. The summed E-state index contributed by atoms with van der Waals surface area (Å²) < 4.78 is 28.0. The fourth-order valence-electron chi connectivity index (χ4n) is 2.72. The van der Waals surface area contributed by atoms with Crippen LogP contribution in [0, 0.1) is 5.41 Å². The third kappa shape index (κ3) is 3.00. The number of aliphatic carboxylic acids is 1. The van der Waals surface area contributed by atoms with Gasteiger partial charge in [-0.1, -0.05) is 0 Å². The number of aromatic nitrogens is 2. The highest BCUT2D eigenvalue weighted by Crippen LogP contribution is 2.40. The number of hydrogen-bond donors (Lipinski definition) is 2. The molecule has 0 unspecified atom stereocenters. The van der Waals surface area contributed by atoms with Gasteiger partial charge in [-0.2, -0.15) is 9.40 Å². The van der Waals surface area contributed by atoms with Gasteiger partial charge in [0.05, 0.1) is 17.2 Å². The molecular weight excluding hydrogens is 322 g/mol. The second-order valence-corrected chi connectivity index (χ2v) is 8.34. The van der Waals surface area contributed by atoms with Gasteiger partial charge in [-0.25, -0.2) is 8.42 Å². The highest BCUT2D eigenvalue weighted by molar-refractivity contribution is 7.89. The summed E-state index contributed by atoms with van der Waals surface area (Å²) in [7, 11) is -3.68. The predicted octanol–water partition coefficient (Wildman–Crippen LogP) is 0.529. The largest absolute Gasteiger partial charge is 0.481 e. The first-order valence-corrected chi connectivity index (χ1v) is 8.97. The minimum atomic E-state index is -3.68. The van der Waals surface area contributed by atoms with Crippen LogP contribution in [0.25, 0.3) is 0 Å². The Balaban J connectivity index is 2.17. The number of carboxylic acid groups (broad SMARTS) is 1. The first kappa shape index (κ1) is 17.9. The van der Waals surface area contributed by atoms with E-state index in [9.17, 15) is 23.4 Å². The normalized spacial score (nSPS) is 19.7. The molecule has 0 radical (unpaired) electrons. The molecule has 1 saturated heterocycles. The average Bonchev–Trinajstić information content (AvgIpc) is 2.97. The van der Waals surface area contributed by atoms with E-state index in [0.29, 0.717) is 6.54 Å². The smallest absolute Gasteiger partial charge is 0.312 e. The van der Waals surface area contributed by atoms with E-state index in [-0.39, 0.29) is 30.8 Å². The van der Waals surface area contributed by atoms with E-state index in [4.69, 9.17) is 0 Å². The van der Waals surface area contributed by atoms with E-state index in [1.807, 2.05) is 6.92 Å². The number of aliphatic hydroxyl groups is 1. The highest BCUT2D eigenvalue weighted by Gasteiger charge is 2.51. The van der Waals surface area contributed by atoms with Crippen LogP contribution in [0.2, 0.25) is 0 Å². The van der Waals surface area contributed by atoms with Crippen molar-refractivity contribution in [3.8, 4) is 0 Å². The van der Waals surface area contributed by atoms with E-state index in [1.54, 1.807) is 0 Å². The van der Waals surface area contributed by atoms with Gasteiger partial charge in [-0.15, -0.1) is 0 Å². The topological polar surface area (TPSA) is 113 Å². The Morgan fingerprint density at radius 1 is 1.39 bits per heavy atom. The van der Waals surface area contributed by atoms with Crippen molar-refractivity contribution in [2.45, 2.75) is 50.7 Å². The number of carboxylic acids is 1. The number of nitrogens with zero attached hydrogens (tertiary/aromatic N) is 3. The maximum absolute atomic E-state index is 12.6. The molecule has 130 valence electrons. The average molecular weight is 345 g/mol. The van der Waals surface area contributed by atoms with E-state index < -0.39 is 27.0 Å². The lowest BCUT2D eigenvalue weighted by molar-refractivity contribution is -0.169. The van der Waals surface area contributed by atoms with Crippen molar-refractivity contribution in [1.82, 2.24) is 14.1 Å². The fourth-order valence-corrected chi connectivity index (χ4v) is 4.12. The molecule has 1 aliphatic rings. The highest BCUT2D eigenvalue weighted by atomic mass is 32.2. The second-order valence-electron chi connectivity index (χ2n) is 6.40. The van der Waals surface area contributed by atoms with Crippen LogP contribution in [0.3, 0.4) is 0 Å². The minimum Gasteiger partial charge on any atom is -0.481 e. The molecule has 2 N–H and O–H groups in total. The van der Waals surface area contributed by atoms with Gasteiger partial charge in [0.25, 0.3) is 0 Å². The first-order chi connectivity index (χ1) is 10.5. The molecule has 0 atom stereocenters. The predicted molar refractivity (Wildman–Crippen MR) is 82.3 cm³/mol. The van der Waals surface area contributed by atoms with E-state index in [1.165, 1.54) is 35.2 Å². The Morgan fingerprint density at radius 2 is 1.96 bits per heavy atom. The van der Waals surface area contributed by atoms with Crippen molar-refractivity contribution in [3.05, 3.63) is 12.4 Å². The van der Waals surface area contributed by atoms with Gasteiger partial charge < -0.3 is 10.2 Å². The zero-order valence-corrected chi connectivity index (χ0v) is 14.4. The van der Waals surface area contributed by atoms with Gasteiger partial charge in [0.1, 0.15) is 4.90 Å². The Labute approximate surface area is 135 Å². The summed E-state index contributed by atoms with van der Waals surface area (Å²) in [6.45, 7) is 5.51. The monoisotopic (exact) mass is 345 g/mol. The van der Waals surface area contributed by atoms with Gasteiger partial charge in [-0.3, -0.25) is 9.48 Å². The molecular formula is C14H23N3O5S. The van der Waals surface area contributed by atoms with Crippen molar-refractivity contribution < 1.29 is 23.4 Å². The van der Waals surface area contributed by atoms with Crippen LogP contribution < -0.4 is 0 Å². The maximum atomic E-state index is 12.6. The van der Waals surface area contributed by atoms with Gasteiger partial charge in [0, 0.05) is 25.8 Å². The Morgan fingerprint density at radius 3 is 2.39 bits per heavy atom. The summed E-state index contributed by atoms with van der Waals surface area (Å²) in [4.78, 5) is 11.5. The van der Waals surface area contributed by atoms with Crippen molar-refractivity contribution in [2.24, 2.45) is 5.41 Å². The molecule has 0 aliphatic carbocycles. The molecule has 0 saturated carbocycles. The summed E-state index contributed by atoms with van der Waals surface area (Å²) in [6.07, 6.45) is 2.93. The van der Waals surface area contributed by atoms with E-state index in [0.717, 1.165) is 0 Å². The molecule has 0 spiro atoms. The Bertz CT molecular complexity index is 687. The van der Waals surface area contributed by atoms with Crippen LogP contribution in [0.1, 0.15) is 33.6 Å². The molecule has 2 heterocycles. The van der Waals surface area contributed by atoms with Crippen LogP contribution in [0.5, 0.6) is 0 Å². The summed E-state index contributed by atoms with van der Waals surface area (Å²) in [5.41, 5.74) is -2.77. The molecule has 23 heavy (non-hydrogen) atoms. The van der Waals surface area contributed by atoms with Crippen LogP contribution in [0.15, 0.2) is 17.3 Å². The van der Waals surface area contributed by atoms with Gasteiger partial charge in [0.15, 0.2) is 0 Å². The van der Waals surface area contributed by atoms with Crippen LogP contribution >= 0.6 is 0 Å². The number of aryl methyl sites for hydroxylation is 1. The van der Waals surface area contributed by atoms with Crippen molar-refractivity contribution >= 4 is 16.0 Å². The van der Waals surface area contributed by atoms with Gasteiger partial charge in [0.2, 0.25) is 10.0 Å². The Hall–Kier alpha value is -1.45. The maximum Gasteiger partial charge on any atom is 0.312 e. The van der Waals surface area contributed by atoms with E-state index in [2.05, 4.69) is 5.10 Å². The first-order valence-electron chi connectivity index (χ1n) is 7.53. The molecule has 0 aromatic carbocycles. The standard InChI is InChI=1S/C14H23N3O5S/c1-4-16-10-11(9-15-16)23(21,22)17-7-5-14(20,6-8-17)13(2,3)12(18)19/h9-10,20H,4-8H2,1-3H3,(H,18,19). The van der Waals surface area contributed by atoms with E-state index >= 15 is 0 Å². The molecule has 1 aliphatic heterocycles. The summed E-state index contributed by atoms with van der Waals surface area (Å²) in [5, 5.41) is 23.9. The van der Waals surface area contributed by atoms with Crippen molar-refractivity contribution in [1.29, 1.82) is 0 Å². The fraction of sp³-hybridized carbons (Fsp3) is 0.714. The second kappa shape index (κ2) is 5.88. The summed E-state index contributed by atoms with van der Waals surface area (Å²) >= 11 is 0. The number of sulfonamides is 1. The molecule has 0 amide bonds. The lowest BCUT2D eigenvalue weighted by Crippen LogP contribution is -2.56. The zero-order chi connectivity index (χ0) is 17.5. The molecule has 2 rings (SSSR count). The summed E-state index contributed by atoms with van der Waals surface area (Å²) in [5.74, 6) is -1.10. The van der Waals surface area contributed by atoms with Crippen molar-refractivity contribution in [3.63, 3.8) is 0 Å². The molecule has 1 fully saturated rings. The van der Waals surface area contributed by atoms with Crippen molar-refractivity contribution in [2.75, 3.05) is 13.1 Å². The molecule has 0 bridgehead atoms. The lowest BCUT2D eigenvalue weighted by Gasteiger charge is -2.44. The Kier molecular flexibility index (Phi) is 4.57. The minimum absolute atomic E-state index is 0.0762. The molecule has 1 aromatic rings. The number of rotatable bonds is 5. The third-order valence-corrected chi connectivity index (χ3v) is 6.67. The SMILES string of the molecule is CCn1cc(S(=O)(=O)N2CCC(O)(C(C)(C)C(=O)O)CC2)cn1. The quantitative estimate of drug-likeness (QED) is 0.805. The number of carbonyl (C=O) groups is 1. The van der Waals surface area contributed by atoms with Crippen LogP contribution in [-0.4, -0.2) is 57.4 Å². The van der Waals surface area contributed by atoms with Gasteiger partial charge >= 0.3 is 5.97 Å². The molecule has 8 nitrogen and oxygen atoms in total. The third-order valence-electron chi connectivity index (χ3n) is 4.82. The lowest BCUT2D eigenvalue weighted by atomic mass is 9.70.